The Bertz CT molecular complexity index is 1320. The number of carbonyl (C=O) groups is 2. The maximum Gasteiger partial charge on any atom is 0.235 e. The van der Waals surface area contributed by atoms with Crippen molar-refractivity contribution >= 4 is 33.4 Å². The number of benzene rings is 1. The van der Waals surface area contributed by atoms with E-state index in [1.54, 1.807) is 12.3 Å². The fourth-order valence-corrected chi connectivity index (χ4v) is 4.97. The summed E-state index contributed by atoms with van der Waals surface area (Å²) in [6.45, 7) is 6.09. The monoisotopic (exact) mass is 517 g/mol. The van der Waals surface area contributed by atoms with Crippen LogP contribution in [0.2, 0.25) is 0 Å². The van der Waals surface area contributed by atoms with Crippen molar-refractivity contribution < 1.29 is 14.0 Å². The summed E-state index contributed by atoms with van der Waals surface area (Å²) in [4.78, 5) is 30.9. The highest BCUT2D eigenvalue weighted by Gasteiger charge is 2.44. The van der Waals surface area contributed by atoms with Crippen LogP contribution in [-0.2, 0) is 9.59 Å². The van der Waals surface area contributed by atoms with Crippen molar-refractivity contribution in [3.63, 3.8) is 0 Å². The maximum absolute atomic E-state index is 13.5. The van der Waals surface area contributed by atoms with Crippen molar-refractivity contribution in [2.45, 2.75) is 32.1 Å². The topological polar surface area (TPSA) is 84.2 Å². The Kier molecular flexibility index (Phi) is 5.96. The van der Waals surface area contributed by atoms with Crippen LogP contribution in [0, 0.1) is 12.8 Å². The fourth-order valence-electron chi connectivity index (χ4n) is 4.71. The largest absolute Gasteiger partial charge is 0.460 e. The minimum atomic E-state index is -0.730. The second-order valence-corrected chi connectivity index (χ2v) is 9.61. The molecule has 3 heterocycles. The average Bonchev–Trinajstić information content (AvgIpc) is 3.29. The zero-order chi connectivity index (χ0) is 23.8. The molecule has 0 saturated heterocycles. The molecule has 2 N–H and O–H groups in total. The zero-order valence-corrected chi connectivity index (χ0v) is 20.3. The van der Waals surface area contributed by atoms with Gasteiger partial charge in [0.2, 0.25) is 5.91 Å². The van der Waals surface area contributed by atoms with Gasteiger partial charge in [0.1, 0.15) is 17.3 Å². The molecule has 0 bridgehead atoms. The van der Waals surface area contributed by atoms with Crippen molar-refractivity contribution in [1.82, 2.24) is 10.3 Å². The predicted molar refractivity (Wildman–Crippen MR) is 134 cm³/mol. The van der Waals surface area contributed by atoms with Crippen LogP contribution in [0.1, 0.15) is 36.5 Å². The van der Waals surface area contributed by atoms with Crippen molar-refractivity contribution in [3.05, 3.63) is 94.1 Å². The van der Waals surface area contributed by atoms with Gasteiger partial charge in [0.05, 0.1) is 11.8 Å². The minimum absolute atomic E-state index is 0.0410. The fraction of sp³-hybridized carbons (Fsp3) is 0.222. The van der Waals surface area contributed by atoms with Crippen molar-refractivity contribution in [2.24, 2.45) is 5.92 Å². The summed E-state index contributed by atoms with van der Waals surface area (Å²) in [7, 11) is 0. The lowest BCUT2D eigenvalue weighted by atomic mass is 9.73. The predicted octanol–water partition coefficient (Wildman–Crippen LogP) is 5.88. The first kappa shape index (κ1) is 22.3. The van der Waals surface area contributed by atoms with E-state index in [0.717, 1.165) is 34.1 Å². The molecule has 2 aromatic heterocycles. The molecule has 3 aromatic rings. The number of nitrogens with zero attached hydrogens (tertiary/aromatic N) is 1. The van der Waals surface area contributed by atoms with Crippen LogP contribution in [0.5, 0.6) is 0 Å². The molecule has 6 nitrogen and oxygen atoms in total. The molecule has 1 aliphatic heterocycles. The summed E-state index contributed by atoms with van der Waals surface area (Å²) in [5.74, 6) is 0.169. The Morgan fingerprint density at radius 1 is 1.18 bits per heavy atom. The van der Waals surface area contributed by atoms with E-state index in [2.05, 4.69) is 38.1 Å². The zero-order valence-electron chi connectivity index (χ0n) is 18.7. The van der Waals surface area contributed by atoms with Gasteiger partial charge in [-0.3, -0.25) is 9.59 Å². The molecule has 7 heteroatoms. The first-order chi connectivity index (χ1) is 16.4. The van der Waals surface area contributed by atoms with Gasteiger partial charge >= 0.3 is 0 Å². The lowest BCUT2D eigenvalue weighted by molar-refractivity contribution is -0.120. The SMILES string of the molecule is C=C1NC2=C(C(=O)CCC2)C(c2ccc(-c3ccc(Br)cc3)o2)C1C(=O)Nc1cc(C)ccn1. The van der Waals surface area contributed by atoms with Gasteiger partial charge in [-0.15, -0.1) is 0 Å². The van der Waals surface area contributed by atoms with E-state index in [9.17, 15) is 9.59 Å². The standard InChI is InChI=1S/C27H24BrN3O3/c1-15-12-13-29-23(14-15)31-27(33)24-16(2)30-19-4-3-5-20(32)25(19)26(24)22-11-10-21(34-22)17-6-8-18(28)9-7-17/h6-14,24,26,30H,2-5H2,1H3,(H,29,31,33). The number of halogens is 1. The normalized spacial score (nSPS) is 20.1. The summed E-state index contributed by atoms with van der Waals surface area (Å²) >= 11 is 3.45. The number of furan rings is 1. The molecule has 0 saturated carbocycles. The van der Waals surface area contributed by atoms with Crippen LogP contribution >= 0.6 is 15.9 Å². The maximum atomic E-state index is 13.5. The molecule has 34 heavy (non-hydrogen) atoms. The lowest BCUT2D eigenvalue weighted by Crippen LogP contribution is -2.42. The Hall–Kier alpha value is -3.45. The third kappa shape index (κ3) is 4.23. The van der Waals surface area contributed by atoms with E-state index in [4.69, 9.17) is 4.42 Å². The van der Waals surface area contributed by atoms with Crippen LogP contribution in [-0.4, -0.2) is 16.7 Å². The number of aromatic nitrogens is 1. The molecule has 0 radical (unpaired) electrons. The number of ketones is 1. The molecule has 172 valence electrons. The minimum Gasteiger partial charge on any atom is -0.460 e. The van der Waals surface area contributed by atoms with E-state index in [-0.39, 0.29) is 11.7 Å². The summed E-state index contributed by atoms with van der Waals surface area (Å²) < 4.78 is 7.25. The number of hydrogen-bond acceptors (Lipinski definition) is 5. The number of carbonyl (C=O) groups excluding carboxylic acids is 2. The van der Waals surface area contributed by atoms with Gasteiger partial charge in [0, 0.05) is 39.6 Å². The van der Waals surface area contributed by atoms with E-state index >= 15 is 0 Å². The van der Waals surface area contributed by atoms with Gasteiger partial charge in [-0.05, 0) is 61.7 Å². The second kappa shape index (κ2) is 9.06. The summed E-state index contributed by atoms with van der Waals surface area (Å²) in [5.41, 5.74) is 3.90. The van der Waals surface area contributed by atoms with Gasteiger partial charge in [0.25, 0.3) is 0 Å². The third-order valence-corrected chi connectivity index (χ3v) is 6.83. The van der Waals surface area contributed by atoms with Crippen LogP contribution in [0.3, 0.4) is 0 Å². The highest BCUT2D eigenvalue weighted by atomic mass is 79.9. The Morgan fingerprint density at radius 3 is 2.74 bits per heavy atom. The molecular formula is C27H24BrN3O3. The smallest absolute Gasteiger partial charge is 0.235 e. The van der Waals surface area contributed by atoms with E-state index in [0.29, 0.717) is 35.0 Å². The molecule has 2 aliphatic rings. The van der Waals surface area contributed by atoms with Gasteiger partial charge in [-0.2, -0.15) is 0 Å². The summed E-state index contributed by atoms with van der Waals surface area (Å²) in [5, 5.41) is 6.16. The molecule has 1 aromatic carbocycles. The number of allylic oxidation sites excluding steroid dienone is 2. The average molecular weight is 518 g/mol. The first-order valence-corrected chi connectivity index (χ1v) is 12.0. The van der Waals surface area contributed by atoms with Crippen LogP contribution in [0.25, 0.3) is 11.3 Å². The van der Waals surface area contributed by atoms with Gasteiger partial charge in [-0.1, -0.05) is 34.6 Å². The van der Waals surface area contributed by atoms with E-state index in [1.165, 1.54) is 0 Å². The number of hydrogen-bond donors (Lipinski definition) is 2. The number of pyridine rings is 1. The van der Waals surface area contributed by atoms with E-state index in [1.807, 2.05) is 49.4 Å². The third-order valence-electron chi connectivity index (χ3n) is 6.30. The molecule has 0 fully saturated rings. The van der Waals surface area contributed by atoms with Crippen molar-refractivity contribution in [1.29, 1.82) is 0 Å². The van der Waals surface area contributed by atoms with Gasteiger partial charge in [-0.25, -0.2) is 4.98 Å². The molecular weight excluding hydrogens is 494 g/mol. The number of amides is 1. The number of Topliss-reactive ketones (excluding diaryl/α,β-unsaturated/α-hetero) is 1. The van der Waals surface area contributed by atoms with Crippen molar-refractivity contribution in [2.75, 3.05) is 5.32 Å². The first-order valence-electron chi connectivity index (χ1n) is 11.2. The summed E-state index contributed by atoms with van der Waals surface area (Å²) in [6, 6.07) is 15.2. The van der Waals surface area contributed by atoms with E-state index < -0.39 is 11.8 Å². The second-order valence-electron chi connectivity index (χ2n) is 8.69. The quantitative estimate of drug-likeness (QED) is 0.451. The molecule has 0 spiro atoms. The molecule has 1 amide bonds. The number of aryl methyl sites for hydroxylation is 1. The molecule has 2 atom stereocenters. The van der Waals surface area contributed by atoms with Gasteiger partial charge < -0.3 is 15.1 Å². The van der Waals surface area contributed by atoms with Crippen molar-refractivity contribution in [3.8, 4) is 11.3 Å². The van der Waals surface area contributed by atoms with Gasteiger partial charge in [0.15, 0.2) is 5.78 Å². The van der Waals surface area contributed by atoms with Crippen LogP contribution in [0.15, 0.2) is 87.2 Å². The Morgan fingerprint density at radius 2 is 1.97 bits per heavy atom. The van der Waals surface area contributed by atoms with Crippen LogP contribution in [0.4, 0.5) is 5.82 Å². The van der Waals surface area contributed by atoms with Crippen LogP contribution < -0.4 is 10.6 Å². The Labute approximate surface area is 206 Å². The number of anilines is 1. The molecule has 1 aliphatic carbocycles. The summed E-state index contributed by atoms with van der Waals surface area (Å²) in [6.07, 6.45) is 3.62. The molecule has 5 rings (SSSR count). The number of nitrogens with one attached hydrogen (secondary N) is 2. The Balaban J connectivity index is 1.56. The highest BCUT2D eigenvalue weighted by molar-refractivity contribution is 9.10. The lowest BCUT2D eigenvalue weighted by Gasteiger charge is -2.37. The highest BCUT2D eigenvalue weighted by Crippen LogP contribution is 2.45. The molecule has 2 unspecified atom stereocenters. The number of rotatable bonds is 4.